The molecule has 0 aromatic carbocycles. The van der Waals surface area contributed by atoms with Crippen LogP contribution in [0.15, 0.2) is 61.3 Å². The molecule has 7 heteroatoms. The van der Waals surface area contributed by atoms with Gasteiger partial charge in [0.1, 0.15) is 5.69 Å². The Morgan fingerprint density at radius 3 is 2.88 bits per heavy atom. The van der Waals surface area contributed by atoms with Crippen molar-refractivity contribution >= 4 is 5.91 Å². The normalized spacial score (nSPS) is 19.8. The molecule has 0 aliphatic carbocycles. The van der Waals surface area contributed by atoms with E-state index in [1.165, 1.54) is 0 Å². The molecule has 4 rings (SSSR count). The number of nitrogens with zero attached hydrogens (tertiary/aromatic N) is 4. The molecule has 26 heavy (non-hydrogen) atoms. The van der Waals surface area contributed by atoms with Crippen molar-refractivity contribution in [2.75, 3.05) is 6.61 Å². The van der Waals surface area contributed by atoms with Crippen LogP contribution in [0.1, 0.15) is 35.0 Å². The highest BCUT2D eigenvalue weighted by Gasteiger charge is 2.25. The Hall–Kier alpha value is -3.06. The van der Waals surface area contributed by atoms with Gasteiger partial charge in [-0.05, 0) is 48.7 Å². The number of pyridine rings is 2. The Labute approximate surface area is 151 Å². The highest BCUT2D eigenvalue weighted by molar-refractivity contribution is 5.92. The topological polar surface area (TPSA) is 81.9 Å². The van der Waals surface area contributed by atoms with Crippen molar-refractivity contribution in [3.05, 3.63) is 72.6 Å². The molecule has 0 spiro atoms. The first-order chi connectivity index (χ1) is 12.8. The number of aromatic nitrogens is 4. The third-order valence-corrected chi connectivity index (χ3v) is 4.44. The lowest BCUT2D eigenvalue weighted by molar-refractivity contribution is 0.000822. The predicted molar refractivity (Wildman–Crippen MR) is 94.8 cm³/mol. The molecule has 0 saturated carbocycles. The number of hydrogen-bond donors (Lipinski definition) is 1. The lowest BCUT2D eigenvalue weighted by Crippen LogP contribution is -2.40. The second-order valence-corrected chi connectivity index (χ2v) is 6.18. The van der Waals surface area contributed by atoms with Gasteiger partial charge in [0.15, 0.2) is 0 Å². The van der Waals surface area contributed by atoms with Crippen LogP contribution >= 0.6 is 0 Å². The number of hydrogen-bond acceptors (Lipinski definition) is 5. The van der Waals surface area contributed by atoms with Gasteiger partial charge in [-0.1, -0.05) is 0 Å². The maximum Gasteiger partial charge on any atom is 0.270 e. The predicted octanol–water partition coefficient (Wildman–Crippen LogP) is 2.31. The summed E-state index contributed by atoms with van der Waals surface area (Å²) >= 11 is 0. The first-order valence-corrected chi connectivity index (χ1v) is 8.58. The number of nitrogens with one attached hydrogen (secondary N) is 1. The molecule has 7 nitrogen and oxygen atoms in total. The summed E-state index contributed by atoms with van der Waals surface area (Å²) in [6.45, 7) is 0.610. The van der Waals surface area contributed by atoms with E-state index >= 15 is 0 Å². The lowest BCUT2D eigenvalue weighted by Gasteiger charge is -2.30. The molecule has 0 bridgehead atoms. The van der Waals surface area contributed by atoms with E-state index < -0.39 is 0 Å². The van der Waals surface area contributed by atoms with Gasteiger partial charge in [-0.2, -0.15) is 5.10 Å². The average molecular weight is 349 g/mol. The zero-order valence-corrected chi connectivity index (χ0v) is 14.2. The second kappa shape index (κ2) is 7.45. The lowest BCUT2D eigenvalue weighted by atomic mass is 9.98. The van der Waals surface area contributed by atoms with Crippen molar-refractivity contribution in [2.24, 2.45) is 0 Å². The minimum Gasteiger partial charge on any atom is -0.373 e. The van der Waals surface area contributed by atoms with E-state index in [0.29, 0.717) is 12.3 Å². The molecular formula is C19H19N5O2. The fourth-order valence-electron chi connectivity index (χ4n) is 3.11. The average Bonchev–Trinajstić information content (AvgIpc) is 3.24. The van der Waals surface area contributed by atoms with Crippen LogP contribution < -0.4 is 5.32 Å². The Morgan fingerprint density at radius 1 is 1.19 bits per heavy atom. The van der Waals surface area contributed by atoms with Gasteiger partial charge in [0.25, 0.3) is 5.91 Å². The summed E-state index contributed by atoms with van der Waals surface area (Å²) in [5.74, 6) is -0.181. The standard InChI is InChI=1S/C19H19N5O2/c25-19(17-13-16(4-9-21-17)24-10-1-6-22-24)23-15-5-11-26-18(12-15)14-2-7-20-8-3-14/h1-4,6-10,13,15,18H,5,11-12H2,(H,23,25)/t15-,18+/m1/s1. The van der Waals surface area contributed by atoms with Gasteiger partial charge < -0.3 is 10.1 Å². The maximum atomic E-state index is 12.6. The van der Waals surface area contributed by atoms with Gasteiger partial charge in [-0.3, -0.25) is 14.8 Å². The fraction of sp³-hybridized carbons (Fsp3) is 0.263. The summed E-state index contributed by atoms with van der Waals surface area (Å²) in [6, 6.07) is 9.33. The molecule has 4 heterocycles. The van der Waals surface area contributed by atoms with Gasteiger partial charge in [0.2, 0.25) is 0 Å². The van der Waals surface area contributed by atoms with Crippen LogP contribution in [0.25, 0.3) is 5.69 Å². The first kappa shape index (κ1) is 16.4. The van der Waals surface area contributed by atoms with Crippen molar-refractivity contribution in [3.63, 3.8) is 0 Å². The highest BCUT2D eigenvalue weighted by Crippen LogP contribution is 2.27. The molecule has 3 aromatic heterocycles. The van der Waals surface area contributed by atoms with Crippen molar-refractivity contribution in [2.45, 2.75) is 25.0 Å². The fourth-order valence-corrected chi connectivity index (χ4v) is 3.11. The Morgan fingerprint density at radius 2 is 2.08 bits per heavy atom. The summed E-state index contributed by atoms with van der Waals surface area (Å²) in [6.07, 6.45) is 10.1. The van der Waals surface area contributed by atoms with Crippen molar-refractivity contribution in [1.29, 1.82) is 0 Å². The van der Waals surface area contributed by atoms with Crippen molar-refractivity contribution in [3.8, 4) is 5.69 Å². The number of amides is 1. The summed E-state index contributed by atoms with van der Waals surface area (Å²) in [5, 5.41) is 7.26. The Kier molecular flexibility index (Phi) is 4.70. The summed E-state index contributed by atoms with van der Waals surface area (Å²) in [4.78, 5) is 20.9. The molecule has 1 saturated heterocycles. The molecule has 3 aromatic rings. The molecule has 1 amide bonds. The largest absolute Gasteiger partial charge is 0.373 e. The molecule has 132 valence electrons. The molecule has 1 fully saturated rings. The minimum absolute atomic E-state index is 0.0274. The van der Waals surface area contributed by atoms with Gasteiger partial charge in [-0.25, -0.2) is 4.68 Å². The summed E-state index contributed by atoms with van der Waals surface area (Å²) < 4.78 is 7.54. The van der Waals surface area contributed by atoms with Crippen LogP contribution in [0.3, 0.4) is 0 Å². The van der Waals surface area contributed by atoms with Crippen LogP contribution in [-0.4, -0.2) is 38.3 Å². The van der Waals surface area contributed by atoms with E-state index in [-0.39, 0.29) is 18.1 Å². The second-order valence-electron chi connectivity index (χ2n) is 6.18. The monoisotopic (exact) mass is 349 g/mol. The van der Waals surface area contributed by atoms with E-state index in [1.807, 2.05) is 30.5 Å². The molecule has 2 atom stereocenters. The van der Waals surface area contributed by atoms with Crippen molar-refractivity contribution in [1.82, 2.24) is 25.1 Å². The van der Waals surface area contributed by atoms with E-state index in [9.17, 15) is 4.79 Å². The van der Waals surface area contributed by atoms with Crippen LogP contribution in [0.5, 0.6) is 0 Å². The zero-order chi connectivity index (χ0) is 17.8. The number of rotatable bonds is 4. The number of ether oxygens (including phenoxy) is 1. The molecule has 1 aliphatic heterocycles. The van der Waals surface area contributed by atoms with Gasteiger partial charge >= 0.3 is 0 Å². The highest BCUT2D eigenvalue weighted by atomic mass is 16.5. The molecule has 1 aliphatic rings. The van der Waals surface area contributed by atoms with Crippen LogP contribution in [0.4, 0.5) is 0 Å². The smallest absolute Gasteiger partial charge is 0.270 e. The first-order valence-electron chi connectivity index (χ1n) is 8.58. The van der Waals surface area contributed by atoms with Gasteiger partial charge in [0, 0.05) is 43.6 Å². The van der Waals surface area contributed by atoms with Crippen LogP contribution in [-0.2, 0) is 4.74 Å². The molecule has 0 unspecified atom stereocenters. The summed E-state index contributed by atoms with van der Waals surface area (Å²) in [5.41, 5.74) is 2.26. The zero-order valence-electron chi connectivity index (χ0n) is 14.2. The molecule has 1 N–H and O–H groups in total. The van der Waals surface area contributed by atoms with E-state index in [4.69, 9.17) is 4.74 Å². The summed E-state index contributed by atoms with van der Waals surface area (Å²) in [7, 11) is 0. The minimum atomic E-state index is -0.181. The van der Waals surface area contributed by atoms with E-state index in [2.05, 4.69) is 20.4 Å². The third-order valence-electron chi connectivity index (χ3n) is 4.44. The van der Waals surface area contributed by atoms with Crippen LogP contribution in [0, 0.1) is 0 Å². The Balaban J connectivity index is 1.44. The molecule has 0 radical (unpaired) electrons. The quantitative estimate of drug-likeness (QED) is 0.782. The Bertz CT molecular complexity index is 867. The SMILES string of the molecule is O=C(N[C@@H]1CCO[C@H](c2ccncc2)C1)c1cc(-n2cccn2)ccn1. The van der Waals surface area contributed by atoms with E-state index in [0.717, 1.165) is 24.1 Å². The van der Waals surface area contributed by atoms with Crippen LogP contribution in [0.2, 0.25) is 0 Å². The van der Waals surface area contributed by atoms with E-state index in [1.54, 1.807) is 35.5 Å². The van der Waals surface area contributed by atoms with Crippen molar-refractivity contribution < 1.29 is 9.53 Å². The third kappa shape index (κ3) is 3.62. The maximum absolute atomic E-state index is 12.6. The molecular weight excluding hydrogens is 330 g/mol. The number of carbonyl (C=O) groups excluding carboxylic acids is 1. The van der Waals surface area contributed by atoms with Gasteiger partial charge in [0.05, 0.1) is 11.8 Å². The van der Waals surface area contributed by atoms with Gasteiger partial charge in [-0.15, -0.1) is 0 Å². The number of carbonyl (C=O) groups is 1.